The number of allylic oxidation sites excluding steroid dienone is 1. The first-order valence-electron chi connectivity index (χ1n) is 7.18. The van der Waals surface area contributed by atoms with Crippen LogP contribution in [-0.2, 0) is 9.53 Å². The van der Waals surface area contributed by atoms with Crippen molar-refractivity contribution in [3.05, 3.63) is 58.2 Å². The normalized spacial score (nSPS) is 22.3. The molecule has 0 saturated heterocycles. The second-order valence-corrected chi connectivity index (χ2v) is 5.65. The molecule has 1 aromatic rings. The molecular formula is C18H16N2O3. The first-order valence-corrected chi connectivity index (χ1v) is 7.18. The lowest BCUT2D eigenvalue weighted by atomic mass is 9.80. The van der Waals surface area contributed by atoms with Gasteiger partial charge in [-0.15, -0.1) is 0 Å². The molecule has 1 spiro atoms. The number of carbonyl (C=O) groups is 1. The van der Waals surface area contributed by atoms with Crippen molar-refractivity contribution in [2.45, 2.75) is 26.4 Å². The van der Waals surface area contributed by atoms with Crippen LogP contribution >= 0.6 is 0 Å². The Balaban J connectivity index is 2.26. The molecule has 2 heterocycles. The molecular weight excluding hydrogens is 292 g/mol. The molecule has 116 valence electrons. The summed E-state index contributed by atoms with van der Waals surface area (Å²) in [6, 6.07) is 7.74. The number of nitriles is 1. The number of nitrogens with zero attached hydrogens (tertiary/aromatic N) is 1. The van der Waals surface area contributed by atoms with E-state index in [1.807, 2.05) is 37.3 Å². The molecule has 3 rings (SSSR count). The van der Waals surface area contributed by atoms with Crippen molar-refractivity contribution in [2.24, 2.45) is 5.73 Å². The second-order valence-electron chi connectivity index (χ2n) is 5.65. The third-order valence-corrected chi connectivity index (χ3v) is 4.00. The largest absolute Gasteiger partial charge is 0.472 e. The second kappa shape index (κ2) is 5.03. The summed E-state index contributed by atoms with van der Waals surface area (Å²) >= 11 is 0. The van der Waals surface area contributed by atoms with Gasteiger partial charge in [-0.05, 0) is 39.0 Å². The molecule has 0 aliphatic carbocycles. The fourth-order valence-corrected chi connectivity index (χ4v) is 3.06. The van der Waals surface area contributed by atoms with Gasteiger partial charge in [0.25, 0.3) is 0 Å². The molecule has 5 heteroatoms. The van der Waals surface area contributed by atoms with Gasteiger partial charge in [0.2, 0.25) is 5.88 Å². The highest BCUT2D eigenvalue weighted by atomic mass is 16.5. The lowest BCUT2D eigenvalue weighted by Gasteiger charge is -2.39. The van der Waals surface area contributed by atoms with Gasteiger partial charge in [-0.1, -0.05) is 17.7 Å². The molecule has 2 N–H and O–H groups in total. The quantitative estimate of drug-likeness (QED) is 0.862. The van der Waals surface area contributed by atoms with Crippen LogP contribution in [0.2, 0.25) is 0 Å². The Morgan fingerprint density at radius 3 is 2.74 bits per heavy atom. The van der Waals surface area contributed by atoms with E-state index in [0.717, 1.165) is 11.1 Å². The number of ether oxygens (including phenoxy) is 2. The van der Waals surface area contributed by atoms with E-state index in [9.17, 15) is 10.1 Å². The maximum absolute atomic E-state index is 12.2. The SMILES string of the molecule is CC(=O)C1=C(C)OC(N)=C(C#N)C12C=Cc1cc(C)ccc1O2. The zero-order valence-electron chi connectivity index (χ0n) is 13.1. The van der Waals surface area contributed by atoms with E-state index in [0.29, 0.717) is 11.5 Å². The molecule has 0 aromatic heterocycles. The van der Waals surface area contributed by atoms with E-state index in [2.05, 4.69) is 0 Å². The Hall–Kier alpha value is -3.00. The van der Waals surface area contributed by atoms with E-state index in [1.54, 1.807) is 13.0 Å². The number of hydrogen-bond acceptors (Lipinski definition) is 5. The molecule has 1 aromatic carbocycles. The van der Waals surface area contributed by atoms with E-state index in [4.69, 9.17) is 15.2 Å². The molecule has 0 amide bonds. The predicted molar refractivity (Wildman–Crippen MR) is 84.9 cm³/mol. The van der Waals surface area contributed by atoms with Crippen LogP contribution < -0.4 is 10.5 Å². The van der Waals surface area contributed by atoms with Crippen molar-refractivity contribution in [3.63, 3.8) is 0 Å². The van der Waals surface area contributed by atoms with E-state index >= 15 is 0 Å². The van der Waals surface area contributed by atoms with Gasteiger partial charge in [0.15, 0.2) is 11.4 Å². The summed E-state index contributed by atoms with van der Waals surface area (Å²) in [4.78, 5) is 12.2. The number of nitrogens with two attached hydrogens (primary N) is 1. The van der Waals surface area contributed by atoms with Crippen LogP contribution in [-0.4, -0.2) is 11.4 Å². The van der Waals surface area contributed by atoms with E-state index in [-0.39, 0.29) is 22.8 Å². The molecule has 1 atom stereocenters. The van der Waals surface area contributed by atoms with Crippen molar-refractivity contribution in [1.29, 1.82) is 5.26 Å². The third-order valence-electron chi connectivity index (χ3n) is 4.00. The predicted octanol–water partition coefficient (Wildman–Crippen LogP) is 2.73. The first-order chi connectivity index (χ1) is 10.9. The Bertz CT molecular complexity index is 856. The molecule has 0 bridgehead atoms. The highest BCUT2D eigenvalue weighted by Crippen LogP contribution is 2.44. The molecule has 5 nitrogen and oxygen atoms in total. The average Bonchev–Trinajstić information content (AvgIpc) is 2.47. The number of rotatable bonds is 1. The smallest absolute Gasteiger partial charge is 0.209 e. The minimum absolute atomic E-state index is 0.0461. The van der Waals surface area contributed by atoms with Crippen molar-refractivity contribution >= 4 is 11.9 Å². The topological polar surface area (TPSA) is 85.3 Å². The number of fused-ring (bicyclic) bond motifs is 1. The summed E-state index contributed by atoms with van der Waals surface area (Å²) in [6.45, 7) is 5.04. The number of aryl methyl sites for hydroxylation is 1. The minimum atomic E-state index is -1.34. The van der Waals surface area contributed by atoms with Crippen LogP contribution in [0.3, 0.4) is 0 Å². The molecule has 1 unspecified atom stereocenters. The molecule has 0 saturated carbocycles. The summed E-state index contributed by atoms with van der Waals surface area (Å²) in [5.74, 6) is 0.652. The van der Waals surface area contributed by atoms with Crippen LogP contribution in [0.5, 0.6) is 5.75 Å². The number of benzene rings is 1. The molecule has 0 fully saturated rings. The average molecular weight is 308 g/mol. The number of carbonyl (C=O) groups excluding carboxylic acids is 1. The van der Waals surface area contributed by atoms with Gasteiger partial charge in [-0.2, -0.15) is 5.26 Å². The van der Waals surface area contributed by atoms with Gasteiger partial charge in [0.1, 0.15) is 23.2 Å². The number of ketones is 1. The van der Waals surface area contributed by atoms with Gasteiger partial charge < -0.3 is 15.2 Å². The number of Topliss-reactive ketones (excluding diaryl/α,β-unsaturated/α-hetero) is 1. The Morgan fingerprint density at radius 2 is 2.09 bits per heavy atom. The first kappa shape index (κ1) is 14.9. The van der Waals surface area contributed by atoms with Crippen molar-refractivity contribution in [1.82, 2.24) is 0 Å². The van der Waals surface area contributed by atoms with Crippen LogP contribution in [0.4, 0.5) is 0 Å². The summed E-state index contributed by atoms with van der Waals surface area (Å²) in [6.07, 6.45) is 3.54. The standard InChI is InChI=1S/C18H16N2O3/c1-10-4-5-15-13(8-10)6-7-18(23-15)14(9-19)17(20)22-12(3)16(18)11(2)21/h4-8H,20H2,1-3H3. The highest BCUT2D eigenvalue weighted by Gasteiger charge is 2.49. The lowest BCUT2D eigenvalue weighted by Crippen LogP contribution is -2.46. The maximum Gasteiger partial charge on any atom is 0.209 e. The van der Waals surface area contributed by atoms with Gasteiger partial charge in [0, 0.05) is 5.56 Å². The van der Waals surface area contributed by atoms with Crippen LogP contribution in [0.25, 0.3) is 6.08 Å². The zero-order chi connectivity index (χ0) is 16.8. The van der Waals surface area contributed by atoms with Crippen molar-refractivity contribution < 1.29 is 14.3 Å². The monoisotopic (exact) mass is 308 g/mol. The molecule has 2 aliphatic rings. The van der Waals surface area contributed by atoms with Crippen molar-refractivity contribution in [2.75, 3.05) is 0 Å². The van der Waals surface area contributed by atoms with Gasteiger partial charge in [0.05, 0.1) is 5.57 Å². The van der Waals surface area contributed by atoms with E-state index in [1.165, 1.54) is 6.92 Å². The zero-order valence-corrected chi connectivity index (χ0v) is 13.1. The summed E-state index contributed by atoms with van der Waals surface area (Å²) in [7, 11) is 0. The third kappa shape index (κ3) is 2.11. The summed E-state index contributed by atoms with van der Waals surface area (Å²) in [5, 5.41) is 9.54. The molecule has 23 heavy (non-hydrogen) atoms. The highest BCUT2D eigenvalue weighted by molar-refractivity contribution is 5.98. The van der Waals surface area contributed by atoms with Gasteiger partial charge >= 0.3 is 0 Å². The Kier molecular flexibility index (Phi) is 3.26. The number of hydrogen-bond donors (Lipinski definition) is 1. The van der Waals surface area contributed by atoms with E-state index < -0.39 is 5.60 Å². The fraction of sp³-hybridized carbons (Fsp3) is 0.222. The van der Waals surface area contributed by atoms with Crippen molar-refractivity contribution in [3.8, 4) is 11.8 Å². The minimum Gasteiger partial charge on any atom is -0.472 e. The van der Waals surface area contributed by atoms with Crippen LogP contribution in [0.15, 0.2) is 47.1 Å². The fourth-order valence-electron chi connectivity index (χ4n) is 3.06. The Labute approximate surface area is 134 Å². The van der Waals surface area contributed by atoms with Crippen LogP contribution in [0.1, 0.15) is 25.0 Å². The summed E-state index contributed by atoms with van der Waals surface area (Å²) < 4.78 is 11.5. The summed E-state index contributed by atoms with van der Waals surface area (Å²) in [5.41, 5.74) is 6.87. The van der Waals surface area contributed by atoms with Gasteiger partial charge in [-0.3, -0.25) is 4.79 Å². The molecule has 2 aliphatic heterocycles. The lowest BCUT2D eigenvalue weighted by molar-refractivity contribution is -0.115. The molecule has 0 radical (unpaired) electrons. The van der Waals surface area contributed by atoms with Gasteiger partial charge in [-0.25, -0.2) is 0 Å². The maximum atomic E-state index is 12.2. The van der Waals surface area contributed by atoms with Crippen LogP contribution in [0, 0.1) is 18.3 Å². The Morgan fingerprint density at radius 1 is 1.35 bits per heavy atom.